The maximum Gasteiger partial charge on any atom is 0.337 e. The average molecular weight is 459 g/mol. The lowest BCUT2D eigenvalue weighted by atomic mass is 9.97. The molecule has 0 saturated carbocycles. The van der Waals surface area contributed by atoms with Crippen molar-refractivity contribution in [1.29, 1.82) is 0 Å². The number of methoxy groups -OCH3 is 1. The fourth-order valence-corrected chi connectivity index (χ4v) is 5.05. The maximum atomic E-state index is 12.7. The number of allylic oxidation sites excluding steroid dienone is 2. The number of hydrogen-bond donors (Lipinski definition) is 1. The molecule has 0 aliphatic heterocycles. The van der Waals surface area contributed by atoms with Crippen LogP contribution in [0.25, 0.3) is 33.5 Å². The molecule has 0 radical (unpaired) electrons. The van der Waals surface area contributed by atoms with Gasteiger partial charge in [0.05, 0.1) is 34.7 Å². The van der Waals surface area contributed by atoms with Gasteiger partial charge >= 0.3 is 11.7 Å². The number of rotatable bonds is 6. The number of aromatic nitrogens is 4. The van der Waals surface area contributed by atoms with Gasteiger partial charge < -0.3 is 14.3 Å². The Bertz CT molecular complexity index is 1470. The van der Waals surface area contributed by atoms with E-state index < -0.39 is 0 Å². The number of nitrogens with zero attached hydrogens (tertiary/aromatic N) is 3. The Morgan fingerprint density at radius 1 is 1.21 bits per heavy atom. The minimum absolute atomic E-state index is 0.00134. The van der Waals surface area contributed by atoms with E-state index in [-0.39, 0.29) is 17.7 Å². The van der Waals surface area contributed by atoms with Crippen LogP contribution >= 0.6 is 0 Å². The fourth-order valence-electron chi connectivity index (χ4n) is 5.05. The van der Waals surface area contributed by atoms with Crippen LogP contribution in [0.1, 0.15) is 62.4 Å². The molecule has 0 amide bonds. The Morgan fingerprint density at radius 2 is 2.06 bits per heavy atom. The van der Waals surface area contributed by atoms with Gasteiger partial charge in [0.1, 0.15) is 5.82 Å². The molecule has 2 aromatic carbocycles. The van der Waals surface area contributed by atoms with Gasteiger partial charge in [-0.1, -0.05) is 17.7 Å². The second kappa shape index (κ2) is 8.97. The Kier molecular flexibility index (Phi) is 5.86. The van der Waals surface area contributed by atoms with E-state index >= 15 is 0 Å². The summed E-state index contributed by atoms with van der Waals surface area (Å²) in [5, 5.41) is 0. The lowest BCUT2D eigenvalue weighted by Crippen LogP contribution is -2.18. The molecule has 0 unspecified atom stereocenters. The zero-order valence-electron chi connectivity index (χ0n) is 19.9. The number of aromatic amines is 1. The molecule has 1 aliphatic rings. The van der Waals surface area contributed by atoms with Gasteiger partial charge in [0.2, 0.25) is 0 Å². The number of nitrogens with one attached hydrogen (secondary N) is 1. The van der Waals surface area contributed by atoms with Crippen molar-refractivity contribution in [2.45, 2.75) is 58.5 Å². The first kappa shape index (κ1) is 22.2. The van der Waals surface area contributed by atoms with Crippen LogP contribution in [0, 0.1) is 0 Å². The molecular weight excluding hydrogens is 428 g/mol. The third-order valence-corrected chi connectivity index (χ3v) is 6.71. The lowest BCUT2D eigenvalue weighted by molar-refractivity contribution is 0.0601. The summed E-state index contributed by atoms with van der Waals surface area (Å²) in [5.74, 6) is 0.416. The van der Waals surface area contributed by atoms with Crippen molar-refractivity contribution in [1.82, 2.24) is 19.1 Å². The summed E-state index contributed by atoms with van der Waals surface area (Å²) in [6.07, 6.45) is 8.14. The molecular formula is C27H30N4O3. The highest BCUT2D eigenvalue weighted by Crippen LogP contribution is 2.32. The molecule has 34 heavy (non-hydrogen) atoms. The van der Waals surface area contributed by atoms with Crippen LogP contribution in [0.15, 0.2) is 52.8 Å². The van der Waals surface area contributed by atoms with Crippen LogP contribution in [0.4, 0.5) is 0 Å². The van der Waals surface area contributed by atoms with E-state index in [1.807, 2.05) is 38.1 Å². The SMILES string of the molecule is COC(=O)c1ccc2c(c1)nc(-c1cccc3[nH]c(=O)n(C(C)C)c13)n2CCC1=CCCCC1. The third kappa shape index (κ3) is 3.85. The van der Waals surface area contributed by atoms with Gasteiger partial charge in [-0.05, 0) is 76.3 Å². The highest BCUT2D eigenvalue weighted by molar-refractivity contribution is 5.96. The average Bonchev–Trinajstić information content (AvgIpc) is 3.38. The van der Waals surface area contributed by atoms with Crippen LogP contribution in [0.2, 0.25) is 0 Å². The first-order valence-electron chi connectivity index (χ1n) is 12.0. The van der Waals surface area contributed by atoms with Crippen molar-refractivity contribution in [3.63, 3.8) is 0 Å². The van der Waals surface area contributed by atoms with Crippen molar-refractivity contribution in [3.8, 4) is 11.4 Å². The quantitative estimate of drug-likeness (QED) is 0.301. The standard InChI is InChI=1S/C27H30N4O3/c1-17(2)31-24-20(10-7-11-21(24)29-27(31)33)25-28-22-16-19(26(32)34-3)12-13-23(22)30(25)15-14-18-8-5-4-6-9-18/h7-8,10-13,16-17H,4-6,9,14-15H2,1-3H3,(H,29,33). The minimum Gasteiger partial charge on any atom is -0.465 e. The summed E-state index contributed by atoms with van der Waals surface area (Å²) in [4.78, 5) is 32.8. The van der Waals surface area contributed by atoms with Crippen LogP contribution in [-0.4, -0.2) is 32.2 Å². The number of carbonyl (C=O) groups excluding carboxylic acids is 1. The summed E-state index contributed by atoms with van der Waals surface area (Å²) in [6, 6.07) is 11.4. The molecule has 1 N–H and O–H groups in total. The van der Waals surface area contributed by atoms with Gasteiger partial charge in [-0.25, -0.2) is 14.6 Å². The lowest BCUT2D eigenvalue weighted by Gasteiger charge is -2.16. The van der Waals surface area contributed by atoms with E-state index in [0.29, 0.717) is 5.56 Å². The molecule has 2 aromatic heterocycles. The molecule has 2 heterocycles. The molecule has 0 fully saturated rings. The van der Waals surface area contributed by atoms with Crippen molar-refractivity contribution in [3.05, 3.63) is 64.1 Å². The van der Waals surface area contributed by atoms with Crippen molar-refractivity contribution < 1.29 is 9.53 Å². The predicted molar refractivity (Wildman–Crippen MR) is 134 cm³/mol. The topological polar surface area (TPSA) is 81.9 Å². The van der Waals surface area contributed by atoms with Crippen LogP contribution < -0.4 is 5.69 Å². The van der Waals surface area contributed by atoms with Crippen LogP contribution in [0.3, 0.4) is 0 Å². The number of H-pyrrole nitrogens is 1. The first-order valence-corrected chi connectivity index (χ1v) is 12.0. The smallest absolute Gasteiger partial charge is 0.337 e. The molecule has 0 saturated heterocycles. The van der Waals surface area contributed by atoms with E-state index in [4.69, 9.17) is 9.72 Å². The monoisotopic (exact) mass is 458 g/mol. The summed E-state index contributed by atoms with van der Waals surface area (Å²) < 4.78 is 8.93. The first-order chi connectivity index (χ1) is 16.5. The molecule has 7 nitrogen and oxygen atoms in total. The van der Waals surface area contributed by atoms with E-state index in [2.05, 4.69) is 15.6 Å². The fraction of sp³-hybridized carbons (Fsp3) is 0.370. The van der Waals surface area contributed by atoms with Crippen molar-refractivity contribution in [2.24, 2.45) is 0 Å². The van der Waals surface area contributed by atoms with Gasteiger partial charge in [-0.3, -0.25) is 4.57 Å². The van der Waals surface area contributed by atoms with Crippen molar-refractivity contribution >= 4 is 28.0 Å². The number of hydrogen-bond acceptors (Lipinski definition) is 4. The van der Waals surface area contributed by atoms with Crippen LogP contribution in [0.5, 0.6) is 0 Å². The van der Waals surface area contributed by atoms with Crippen molar-refractivity contribution in [2.75, 3.05) is 7.11 Å². The molecule has 4 aromatic rings. The molecule has 0 bridgehead atoms. The van der Waals surface area contributed by atoms with Gasteiger partial charge in [-0.2, -0.15) is 0 Å². The Balaban J connectivity index is 1.71. The number of ether oxygens (including phenoxy) is 1. The molecule has 176 valence electrons. The zero-order valence-corrected chi connectivity index (χ0v) is 19.9. The second-order valence-electron chi connectivity index (χ2n) is 9.24. The van der Waals surface area contributed by atoms with E-state index in [0.717, 1.165) is 59.3 Å². The Morgan fingerprint density at radius 3 is 2.79 bits per heavy atom. The zero-order chi connectivity index (χ0) is 23.8. The van der Waals surface area contributed by atoms with E-state index in [1.54, 1.807) is 16.7 Å². The largest absolute Gasteiger partial charge is 0.465 e. The molecule has 1 aliphatic carbocycles. The number of imidazole rings is 2. The number of esters is 1. The minimum atomic E-state index is -0.383. The second-order valence-corrected chi connectivity index (χ2v) is 9.24. The summed E-state index contributed by atoms with van der Waals surface area (Å²) in [6.45, 7) is 4.79. The van der Waals surface area contributed by atoms with Crippen LogP contribution in [-0.2, 0) is 11.3 Å². The number of para-hydroxylation sites is 1. The predicted octanol–water partition coefficient (Wildman–Crippen LogP) is 5.60. The van der Waals surface area contributed by atoms with Gasteiger partial charge in [-0.15, -0.1) is 0 Å². The number of benzene rings is 2. The Labute approximate surface area is 198 Å². The maximum absolute atomic E-state index is 12.7. The molecule has 0 spiro atoms. The highest BCUT2D eigenvalue weighted by atomic mass is 16.5. The van der Waals surface area contributed by atoms with E-state index in [9.17, 15) is 9.59 Å². The van der Waals surface area contributed by atoms with Gasteiger partial charge in [0.15, 0.2) is 0 Å². The molecule has 0 atom stereocenters. The number of aryl methyl sites for hydroxylation is 1. The summed E-state index contributed by atoms with van der Waals surface area (Å²) in [7, 11) is 1.38. The van der Waals surface area contributed by atoms with Gasteiger partial charge in [0, 0.05) is 18.2 Å². The normalized spacial score (nSPS) is 14.2. The summed E-state index contributed by atoms with van der Waals surface area (Å²) >= 11 is 0. The highest BCUT2D eigenvalue weighted by Gasteiger charge is 2.21. The number of carbonyl (C=O) groups is 1. The summed E-state index contributed by atoms with van der Waals surface area (Å²) in [5.41, 5.74) is 6.08. The molecule has 5 rings (SSSR count). The number of fused-ring (bicyclic) bond motifs is 2. The Hall–Kier alpha value is -3.61. The third-order valence-electron chi connectivity index (χ3n) is 6.71. The van der Waals surface area contributed by atoms with Gasteiger partial charge in [0.25, 0.3) is 0 Å². The molecule has 7 heteroatoms. The van der Waals surface area contributed by atoms with E-state index in [1.165, 1.54) is 25.5 Å².